The van der Waals surface area contributed by atoms with Gasteiger partial charge in [0, 0.05) is 5.56 Å². The van der Waals surface area contributed by atoms with Crippen LogP contribution in [0.1, 0.15) is 15.9 Å². The number of fused-ring (bicyclic) bond motifs is 1. The highest BCUT2D eigenvalue weighted by Gasteiger charge is 2.16. The Morgan fingerprint density at radius 1 is 1.35 bits per heavy atom. The van der Waals surface area contributed by atoms with Crippen LogP contribution in [0.2, 0.25) is 0 Å². The van der Waals surface area contributed by atoms with E-state index >= 15 is 0 Å². The largest absolute Gasteiger partial charge is 0.507 e. The second-order valence-corrected chi connectivity index (χ2v) is 3.77. The van der Waals surface area contributed by atoms with Gasteiger partial charge >= 0.3 is 5.97 Å². The minimum absolute atomic E-state index is 0.0689. The van der Waals surface area contributed by atoms with Crippen molar-refractivity contribution in [1.29, 1.82) is 0 Å². The number of hydrogen-bond acceptors (Lipinski definition) is 2. The van der Waals surface area contributed by atoms with Crippen molar-refractivity contribution in [3.8, 4) is 5.75 Å². The first-order chi connectivity index (χ1) is 8.15. The van der Waals surface area contributed by atoms with Gasteiger partial charge in [-0.2, -0.15) is 0 Å². The molecule has 0 saturated carbocycles. The first kappa shape index (κ1) is 11.2. The van der Waals surface area contributed by atoms with E-state index in [0.717, 1.165) is 10.8 Å². The quantitative estimate of drug-likeness (QED) is 0.794. The summed E-state index contributed by atoms with van der Waals surface area (Å²) in [5, 5.41) is 20.7. The van der Waals surface area contributed by atoms with Crippen molar-refractivity contribution in [3.63, 3.8) is 0 Å². The molecule has 86 valence electrons. The van der Waals surface area contributed by atoms with Crippen molar-refractivity contribution >= 4 is 16.7 Å². The lowest BCUT2D eigenvalue weighted by molar-refractivity contribution is 0.0694. The van der Waals surface area contributed by atoms with Gasteiger partial charge in [0.2, 0.25) is 0 Å². The van der Waals surface area contributed by atoms with Crippen LogP contribution < -0.4 is 0 Å². The molecule has 0 aliphatic carbocycles. The van der Waals surface area contributed by atoms with E-state index in [2.05, 4.69) is 6.58 Å². The van der Waals surface area contributed by atoms with Crippen LogP contribution in [-0.2, 0) is 6.42 Å². The molecule has 2 rings (SSSR count). The summed E-state index contributed by atoms with van der Waals surface area (Å²) < 4.78 is 0. The predicted octanol–water partition coefficient (Wildman–Crippen LogP) is 2.97. The van der Waals surface area contributed by atoms with Gasteiger partial charge < -0.3 is 10.2 Å². The Morgan fingerprint density at radius 3 is 2.71 bits per heavy atom. The number of carboxylic acids is 1. The molecule has 17 heavy (non-hydrogen) atoms. The van der Waals surface area contributed by atoms with Gasteiger partial charge in [-0.25, -0.2) is 4.79 Å². The van der Waals surface area contributed by atoms with Crippen molar-refractivity contribution < 1.29 is 15.0 Å². The summed E-state index contributed by atoms with van der Waals surface area (Å²) in [6, 6.07) is 8.87. The van der Waals surface area contributed by atoms with E-state index in [9.17, 15) is 9.90 Å². The van der Waals surface area contributed by atoms with E-state index in [1.54, 1.807) is 6.08 Å². The number of rotatable bonds is 3. The molecule has 0 radical (unpaired) electrons. The molecule has 2 N–H and O–H groups in total. The second-order valence-electron chi connectivity index (χ2n) is 3.77. The summed E-state index contributed by atoms with van der Waals surface area (Å²) in [4.78, 5) is 11.0. The minimum atomic E-state index is -1.13. The van der Waals surface area contributed by atoms with Crippen molar-refractivity contribution in [2.75, 3.05) is 0 Å². The standard InChI is InChI=1S/C14H12O3/c1-2-5-11-10-7-4-3-6-9(10)8-12(13(11)15)14(16)17/h2-4,6-8,15H,1,5H2,(H,16,17). The predicted molar refractivity (Wildman–Crippen MR) is 66.5 cm³/mol. The van der Waals surface area contributed by atoms with Gasteiger partial charge in [-0.1, -0.05) is 30.3 Å². The first-order valence-electron chi connectivity index (χ1n) is 5.23. The number of benzene rings is 2. The molecule has 0 aliphatic rings. The third kappa shape index (κ3) is 1.87. The van der Waals surface area contributed by atoms with Gasteiger partial charge in [0.25, 0.3) is 0 Å². The zero-order valence-corrected chi connectivity index (χ0v) is 9.18. The van der Waals surface area contributed by atoms with E-state index in [0.29, 0.717) is 12.0 Å². The first-order valence-corrected chi connectivity index (χ1v) is 5.23. The number of hydrogen-bond donors (Lipinski definition) is 2. The number of aromatic hydroxyl groups is 1. The smallest absolute Gasteiger partial charge is 0.339 e. The van der Waals surface area contributed by atoms with E-state index in [4.69, 9.17) is 5.11 Å². The van der Waals surface area contributed by atoms with Crippen LogP contribution in [0.25, 0.3) is 10.8 Å². The summed E-state index contributed by atoms with van der Waals surface area (Å²) in [6.07, 6.45) is 2.08. The molecule has 0 unspecified atom stereocenters. The molecular weight excluding hydrogens is 216 g/mol. The molecule has 3 nitrogen and oxygen atoms in total. The summed E-state index contributed by atoms with van der Waals surface area (Å²) in [6.45, 7) is 3.62. The van der Waals surface area contributed by atoms with Crippen LogP contribution in [0.4, 0.5) is 0 Å². The Morgan fingerprint density at radius 2 is 2.06 bits per heavy atom. The Kier molecular flexibility index (Phi) is 2.83. The van der Waals surface area contributed by atoms with Crippen LogP contribution >= 0.6 is 0 Å². The van der Waals surface area contributed by atoms with Crippen molar-refractivity contribution in [2.45, 2.75) is 6.42 Å². The normalized spacial score (nSPS) is 10.4. The Labute approximate surface area is 98.6 Å². The van der Waals surface area contributed by atoms with E-state index in [1.807, 2.05) is 24.3 Å². The topological polar surface area (TPSA) is 57.5 Å². The van der Waals surface area contributed by atoms with Crippen molar-refractivity contribution in [1.82, 2.24) is 0 Å². The third-order valence-electron chi connectivity index (χ3n) is 2.71. The number of aromatic carboxylic acids is 1. The van der Waals surface area contributed by atoms with Crippen LogP contribution in [-0.4, -0.2) is 16.2 Å². The lowest BCUT2D eigenvalue weighted by Gasteiger charge is -2.10. The number of carbonyl (C=O) groups is 1. The Balaban J connectivity index is 2.84. The second kappa shape index (κ2) is 4.29. The Hall–Kier alpha value is -2.29. The number of carboxylic acid groups (broad SMARTS) is 1. The SMILES string of the molecule is C=CCc1c(O)c(C(=O)O)cc2ccccc12. The maximum atomic E-state index is 11.0. The molecule has 0 saturated heterocycles. The van der Waals surface area contributed by atoms with Gasteiger partial charge in [0.1, 0.15) is 11.3 Å². The van der Waals surface area contributed by atoms with E-state index in [-0.39, 0.29) is 11.3 Å². The molecule has 0 spiro atoms. The summed E-state index contributed by atoms with van der Waals surface area (Å²) in [5.41, 5.74) is 0.538. The third-order valence-corrected chi connectivity index (χ3v) is 2.71. The lowest BCUT2D eigenvalue weighted by atomic mass is 9.97. The molecule has 0 amide bonds. The average Bonchev–Trinajstić information content (AvgIpc) is 2.32. The van der Waals surface area contributed by atoms with Crippen LogP contribution in [0.15, 0.2) is 43.0 Å². The highest BCUT2D eigenvalue weighted by Crippen LogP contribution is 2.31. The zero-order valence-electron chi connectivity index (χ0n) is 9.18. The fraction of sp³-hybridized carbons (Fsp3) is 0.0714. The molecule has 2 aromatic rings. The van der Waals surface area contributed by atoms with Crippen LogP contribution in [0.3, 0.4) is 0 Å². The molecule has 0 aliphatic heterocycles. The molecule has 0 aromatic heterocycles. The maximum Gasteiger partial charge on any atom is 0.339 e. The average molecular weight is 228 g/mol. The molecule has 3 heteroatoms. The van der Waals surface area contributed by atoms with Crippen molar-refractivity contribution in [3.05, 3.63) is 54.1 Å². The maximum absolute atomic E-state index is 11.0. The van der Waals surface area contributed by atoms with Crippen LogP contribution in [0, 0.1) is 0 Å². The fourth-order valence-corrected chi connectivity index (χ4v) is 1.93. The molecule has 0 heterocycles. The molecule has 0 atom stereocenters. The van der Waals surface area contributed by atoms with Gasteiger partial charge in [0.15, 0.2) is 0 Å². The van der Waals surface area contributed by atoms with Gasteiger partial charge in [-0.3, -0.25) is 0 Å². The Bertz CT molecular complexity index is 600. The number of phenols is 1. The lowest BCUT2D eigenvalue weighted by Crippen LogP contribution is -2.00. The molecule has 0 fully saturated rings. The molecule has 2 aromatic carbocycles. The minimum Gasteiger partial charge on any atom is -0.507 e. The summed E-state index contributed by atoms with van der Waals surface area (Å²) in [7, 11) is 0. The zero-order chi connectivity index (χ0) is 12.4. The molecular formula is C14H12O3. The van der Waals surface area contributed by atoms with Crippen LogP contribution in [0.5, 0.6) is 5.75 Å². The van der Waals surface area contributed by atoms with Crippen molar-refractivity contribution in [2.24, 2.45) is 0 Å². The molecule has 0 bridgehead atoms. The van der Waals surface area contributed by atoms with E-state index in [1.165, 1.54) is 6.07 Å². The van der Waals surface area contributed by atoms with Gasteiger partial charge in [-0.05, 0) is 23.3 Å². The highest BCUT2D eigenvalue weighted by molar-refractivity contribution is 5.99. The van der Waals surface area contributed by atoms with Gasteiger partial charge in [0.05, 0.1) is 0 Å². The number of allylic oxidation sites excluding steroid dienone is 1. The highest BCUT2D eigenvalue weighted by atomic mass is 16.4. The van der Waals surface area contributed by atoms with E-state index < -0.39 is 5.97 Å². The summed E-state index contributed by atoms with van der Waals surface area (Å²) in [5.74, 6) is -1.30. The fourth-order valence-electron chi connectivity index (χ4n) is 1.93. The van der Waals surface area contributed by atoms with Gasteiger partial charge in [-0.15, -0.1) is 6.58 Å². The summed E-state index contributed by atoms with van der Waals surface area (Å²) >= 11 is 0. The monoisotopic (exact) mass is 228 g/mol.